The van der Waals surface area contributed by atoms with Crippen molar-refractivity contribution in [2.24, 2.45) is 11.8 Å². The van der Waals surface area contributed by atoms with Gasteiger partial charge in [-0.05, 0) is 38.0 Å². The van der Waals surface area contributed by atoms with Gasteiger partial charge in [0.25, 0.3) is 5.91 Å². The lowest BCUT2D eigenvalue weighted by atomic mass is 9.75. The minimum absolute atomic E-state index is 0.00434. The van der Waals surface area contributed by atoms with E-state index >= 15 is 0 Å². The summed E-state index contributed by atoms with van der Waals surface area (Å²) in [5.41, 5.74) is -0.861. The fourth-order valence-electron chi connectivity index (χ4n) is 4.56. The minimum Gasteiger partial charge on any atom is -0.342 e. The van der Waals surface area contributed by atoms with Crippen LogP contribution in [0.15, 0.2) is 0 Å². The van der Waals surface area contributed by atoms with E-state index < -0.39 is 21.4 Å². The van der Waals surface area contributed by atoms with Gasteiger partial charge in [-0.1, -0.05) is 13.3 Å². The first kappa shape index (κ1) is 19.1. The quantitative estimate of drug-likeness (QED) is 0.682. The number of urea groups is 1. The lowest BCUT2D eigenvalue weighted by Crippen LogP contribution is -2.56. The van der Waals surface area contributed by atoms with Crippen LogP contribution >= 0.6 is 0 Å². The molecule has 3 saturated heterocycles. The monoisotopic (exact) mass is 385 g/mol. The molecule has 1 atom stereocenters. The van der Waals surface area contributed by atoms with Gasteiger partial charge in [0.2, 0.25) is 5.91 Å². The van der Waals surface area contributed by atoms with E-state index in [9.17, 15) is 22.8 Å². The van der Waals surface area contributed by atoms with Crippen molar-refractivity contribution in [1.29, 1.82) is 0 Å². The van der Waals surface area contributed by atoms with E-state index in [0.29, 0.717) is 45.2 Å². The predicted octanol–water partition coefficient (Wildman–Crippen LogP) is 0.428. The molecule has 2 N–H and O–H groups in total. The Balaban J connectivity index is 1.61. The molecule has 0 aromatic rings. The van der Waals surface area contributed by atoms with Crippen LogP contribution in [0, 0.1) is 11.8 Å². The van der Waals surface area contributed by atoms with Crippen molar-refractivity contribution in [2.75, 3.05) is 24.6 Å². The molecule has 3 rings (SSSR count). The number of hydrogen-bond donors (Lipinski definition) is 2. The van der Waals surface area contributed by atoms with E-state index in [4.69, 9.17) is 0 Å². The fraction of sp³-hybridized carbons (Fsp3) is 0.824. The summed E-state index contributed by atoms with van der Waals surface area (Å²) in [7, 11) is -2.98. The van der Waals surface area contributed by atoms with Crippen LogP contribution in [-0.4, -0.2) is 61.3 Å². The van der Waals surface area contributed by atoms with Gasteiger partial charge in [0.1, 0.15) is 15.4 Å². The number of nitrogens with zero attached hydrogens (tertiary/aromatic N) is 1. The van der Waals surface area contributed by atoms with Crippen LogP contribution in [0.1, 0.15) is 45.4 Å². The molecule has 3 heterocycles. The third kappa shape index (κ3) is 3.58. The summed E-state index contributed by atoms with van der Waals surface area (Å²) in [6, 6.07) is -0.439. The van der Waals surface area contributed by atoms with E-state index in [-0.39, 0.29) is 35.2 Å². The average molecular weight is 385 g/mol. The fourth-order valence-corrected chi connectivity index (χ4v) is 6.05. The summed E-state index contributed by atoms with van der Waals surface area (Å²) in [5, 5.41) is 5.19. The maximum absolute atomic E-state index is 12.7. The zero-order valence-electron chi connectivity index (χ0n) is 15.1. The molecular formula is C17H27N3O5S. The highest BCUT2D eigenvalue weighted by atomic mass is 32.2. The summed E-state index contributed by atoms with van der Waals surface area (Å²) < 4.78 is 23.1. The van der Waals surface area contributed by atoms with Crippen LogP contribution in [0.25, 0.3) is 0 Å². The molecule has 0 spiro atoms. The molecule has 146 valence electrons. The smallest absolute Gasteiger partial charge is 0.322 e. The first-order valence-electron chi connectivity index (χ1n) is 9.40. The molecule has 0 aromatic carbocycles. The van der Waals surface area contributed by atoms with Crippen molar-refractivity contribution < 1.29 is 22.8 Å². The Morgan fingerprint density at radius 2 is 1.77 bits per heavy atom. The third-order valence-electron chi connectivity index (χ3n) is 6.02. The molecule has 26 heavy (non-hydrogen) atoms. The molecule has 0 saturated carbocycles. The highest BCUT2D eigenvalue weighted by molar-refractivity contribution is 7.91. The molecule has 0 aliphatic carbocycles. The largest absolute Gasteiger partial charge is 0.342 e. The molecule has 8 nitrogen and oxygen atoms in total. The Bertz CT molecular complexity index is 685. The van der Waals surface area contributed by atoms with E-state index in [0.717, 1.165) is 6.42 Å². The Labute approximate surface area is 154 Å². The summed E-state index contributed by atoms with van der Waals surface area (Å²) in [5.74, 6) is -0.259. The number of likely N-dealkylation sites (tertiary alicyclic amines) is 1. The van der Waals surface area contributed by atoms with Crippen molar-refractivity contribution in [1.82, 2.24) is 15.5 Å². The third-order valence-corrected chi connectivity index (χ3v) is 7.74. The number of piperidine rings is 1. The van der Waals surface area contributed by atoms with Gasteiger partial charge in [-0.25, -0.2) is 13.2 Å². The lowest BCUT2D eigenvalue weighted by molar-refractivity contribution is -0.138. The summed E-state index contributed by atoms with van der Waals surface area (Å²) >= 11 is 0. The van der Waals surface area contributed by atoms with Crippen LogP contribution in [0.3, 0.4) is 0 Å². The maximum Gasteiger partial charge on any atom is 0.322 e. The van der Waals surface area contributed by atoms with Crippen LogP contribution in [-0.2, 0) is 19.4 Å². The van der Waals surface area contributed by atoms with Crippen LogP contribution in [0.4, 0.5) is 4.79 Å². The number of carbonyl (C=O) groups is 3. The van der Waals surface area contributed by atoms with Gasteiger partial charge in [0.15, 0.2) is 0 Å². The second-order valence-electron chi connectivity index (χ2n) is 7.66. The zero-order chi connectivity index (χ0) is 18.9. The lowest BCUT2D eigenvalue weighted by Gasteiger charge is -2.41. The van der Waals surface area contributed by atoms with Crippen molar-refractivity contribution in [3.8, 4) is 0 Å². The Morgan fingerprint density at radius 3 is 2.27 bits per heavy atom. The summed E-state index contributed by atoms with van der Waals surface area (Å²) in [6.45, 7) is 3.07. The number of nitrogens with one attached hydrogen (secondary N) is 2. The number of imide groups is 1. The van der Waals surface area contributed by atoms with E-state index in [1.54, 1.807) is 4.90 Å². The second kappa shape index (κ2) is 7.17. The standard InChI is InChI=1S/C17H27N3O5S/c1-2-7-17(15(22)18-16(23)19-17)13-3-8-20(9-4-13)14(21)12-5-10-26(24,25)11-6-12/h12-13H,2-11H2,1H3,(H2,18,19,22,23). The number of amides is 4. The van der Waals surface area contributed by atoms with Gasteiger partial charge in [0.05, 0.1) is 11.5 Å². The molecule has 4 amide bonds. The Kier molecular flexibility index (Phi) is 5.28. The van der Waals surface area contributed by atoms with Gasteiger partial charge in [-0.3, -0.25) is 14.9 Å². The summed E-state index contributed by atoms with van der Waals surface area (Å²) in [4.78, 5) is 38.5. The van der Waals surface area contributed by atoms with Crippen LogP contribution in [0.2, 0.25) is 0 Å². The summed E-state index contributed by atoms with van der Waals surface area (Å²) in [6.07, 6.45) is 3.49. The number of sulfone groups is 1. The highest BCUT2D eigenvalue weighted by Gasteiger charge is 2.51. The van der Waals surface area contributed by atoms with Crippen molar-refractivity contribution in [3.05, 3.63) is 0 Å². The molecule has 1 unspecified atom stereocenters. The molecule has 0 aromatic heterocycles. The zero-order valence-corrected chi connectivity index (χ0v) is 15.9. The Hall–Kier alpha value is -1.64. The minimum atomic E-state index is -2.98. The average Bonchev–Trinajstić information content (AvgIpc) is 2.89. The number of carbonyl (C=O) groups excluding carboxylic acids is 3. The predicted molar refractivity (Wildman–Crippen MR) is 95.0 cm³/mol. The maximum atomic E-state index is 12.7. The van der Waals surface area contributed by atoms with Gasteiger partial charge < -0.3 is 10.2 Å². The van der Waals surface area contributed by atoms with Crippen molar-refractivity contribution in [3.63, 3.8) is 0 Å². The number of rotatable bonds is 4. The van der Waals surface area contributed by atoms with Crippen molar-refractivity contribution in [2.45, 2.75) is 51.0 Å². The van der Waals surface area contributed by atoms with E-state index in [1.807, 2.05) is 6.92 Å². The molecule has 3 fully saturated rings. The van der Waals surface area contributed by atoms with E-state index in [2.05, 4.69) is 10.6 Å². The highest BCUT2D eigenvalue weighted by Crippen LogP contribution is 2.35. The molecule has 3 aliphatic heterocycles. The first-order valence-corrected chi connectivity index (χ1v) is 11.2. The molecule has 3 aliphatic rings. The SMILES string of the molecule is CCCC1(C2CCN(C(=O)C3CCS(=O)(=O)CC3)CC2)NC(=O)NC1=O. The molecule has 0 radical (unpaired) electrons. The van der Waals surface area contributed by atoms with Gasteiger partial charge in [0, 0.05) is 19.0 Å². The molecule has 0 bridgehead atoms. The van der Waals surface area contributed by atoms with Crippen LogP contribution in [0.5, 0.6) is 0 Å². The normalized spacial score (nSPS) is 30.1. The topological polar surface area (TPSA) is 113 Å². The van der Waals surface area contributed by atoms with Gasteiger partial charge in [-0.15, -0.1) is 0 Å². The van der Waals surface area contributed by atoms with Crippen molar-refractivity contribution >= 4 is 27.7 Å². The van der Waals surface area contributed by atoms with Gasteiger partial charge in [-0.2, -0.15) is 0 Å². The Morgan fingerprint density at radius 1 is 1.15 bits per heavy atom. The number of hydrogen-bond acceptors (Lipinski definition) is 5. The van der Waals surface area contributed by atoms with E-state index in [1.165, 1.54) is 0 Å². The first-order chi connectivity index (χ1) is 12.3. The molecule has 9 heteroatoms. The molecular weight excluding hydrogens is 358 g/mol. The van der Waals surface area contributed by atoms with Crippen LogP contribution < -0.4 is 10.6 Å². The second-order valence-corrected chi connectivity index (χ2v) is 9.96. The van der Waals surface area contributed by atoms with Gasteiger partial charge >= 0.3 is 6.03 Å².